The van der Waals surface area contributed by atoms with Gasteiger partial charge in [0.2, 0.25) is 0 Å². The second-order valence-corrected chi connectivity index (χ2v) is 4.38. The number of aliphatic imine (C=N–C) groups is 1. The van der Waals surface area contributed by atoms with E-state index in [1.165, 1.54) is 6.07 Å². The second kappa shape index (κ2) is 6.83. The molecule has 0 aliphatic rings. The van der Waals surface area contributed by atoms with E-state index in [1.807, 2.05) is 20.8 Å². The van der Waals surface area contributed by atoms with Crippen molar-refractivity contribution < 1.29 is 9.13 Å². The van der Waals surface area contributed by atoms with Gasteiger partial charge in [-0.1, -0.05) is 12.1 Å². The van der Waals surface area contributed by atoms with E-state index in [0.717, 1.165) is 0 Å². The van der Waals surface area contributed by atoms with Gasteiger partial charge in [-0.3, -0.25) is 0 Å². The summed E-state index contributed by atoms with van der Waals surface area (Å²) in [5.41, 5.74) is 5.66. The lowest BCUT2D eigenvalue weighted by molar-refractivity contribution is 0.220. The predicted molar refractivity (Wildman–Crippen MR) is 71.3 cm³/mol. The van der Waals surface area contributed by atoms with Gasteiger partial charge in [0.1, 0.15) is 6.10 Å². The first kappa shape index (κ1) is 14.3. The number of ether oxygens (including phenoxy) is 1. The molecule has 0 aromatic heterocycles. The largest absolute Gasteiger partial charge is 0.486 e. The van der Waals surface area contributed by atoms with Crippen LogP contribution in [0.25, 0.3) is 0 Å². The zero-order chi connectivity index (χ0) is 13.5. The molecular weight excluding hydrogens is 233 g/mol. The van der Waals surface area contributed by atoms with Crippen molar-refractivity contribution in [2.75, 3.05) is 6.54 Å². The van der Waals surface area contributed by atoms with E-state index in [4.69, 9.17) is 10.5 Å². The topological polar surface area (TPSA) is 59.6 Å². The third kappa shape index (κ3) is 5.03. The van der Waals surface area contributed by atoms with Crippen molar-refractivity contribution in [3.8, 4) is 5.75 Å². The molecule has 0 amide bonds. The van der Waals surface area contributed by atoms with E-state index < -0.39 is 0 Å². The third-order valence-corrected chi connectivity index (χ3v) is 2.12. The summed E-state index contributed by atoms with van der Waals surface area (Å²) in [7, 11) is 0. The highest BCUT2D eigenvalue weighted by Gasteiger charge is 2.07. The fraction of sp³-hybridized carbons (Fsp3) is 0.462. The molecule has 0 saturated carbocycles. The average Bonchev–Trinajstić information content (AvgIpc) is 2.29. The van der Waals surface area contributed by atoms with Crippen molar-refractivity contribution >= 4 is 5.96 Å². The molecule has 0 fully saturated rings. The Morgan fingerprint density at radius 2 is 2.06 bits per heavy atom. The zero-order valence-electron chi connectivity index (χ0n) is 11.0. The maximum atomic E-state index is 13.3. The number of hydrogen-bond donors (Lipinski definition) is 2. The first-order chi connectivity index (χ1) is 8.49. The number of benzene rings is 1. The summed E-state index contributed by atoms with van der Waals surface area (Å²) in [4.78, 5) is 4.13. The minimum atomic E-state index is -0.374. The molecule has 0 aliphatic heterocycles. The maximum absolute atomic E-state index is 13.3. The summed E-state index contributed by atoms with van der Waals surface area (Å²) >= 11 is 0. The smallest absolute Gasteiger partial charge is 0.188 e. The van der Waals surface area contributed by atoms with Crippen LogP contribution >= 0.6 is 0 Å². The van der Waals surface area contributed by atoms with Crippen LogP contribution in [0.3, 0.4) is 0 Å². The van der Waals surface area contributed by atoms with Crippen LogP contribution in [-0.4, -0.2) is 24.7 Å². The molecule has 100 valence electrons. The standard InChI is InChI=1S/C13H20FN3O/c1-9(2)17-13(15)16-8-10(3)18-12-7-5-4-6-11(12)14/h4-7,9-10H,8H2,1-3H3,(H3,15,16,17). The van der Waals surface area contributed by atoms with Gasteiger partial charge in [-0.15, -0.1) is 0 Å². The quantitative estimate of drug-likeness (QED) is 0.622. The number of hydrogen-bond acceptors (Lipinski definition) is 2. The third-order valence-electron chi connectivity index (χ3n) is 2.12. The minimum Gasteiger partial charge on any atom is -0.486 e. The van der Waals surface area contributed by atoms with Gasteiger partial charge in [0.15, 0.2) is 17.5 Å². The molecule has 0 heterocycles. The van der Waals surface area contributed by atoms with Gasteiger partial charge in [-0.05, 0) is 32.9 Å². The molecular formula is C13H20FN3O. The number of para-hydroxylation sites is 1. The maximum Gasteiger partial charge on any atom is 0.188 e. The van der Waals surface area contributed by atoms with Crippen molar-refractivity contribution in [2.45, 2.75) is 32.9 Å². The van der Waals surface area contributed by atoms with Crippen LogP contribution in [0.2, 0.25) is 0 Å². The van der Waals surface area contributed by atoms with Crippen molar-refractivity contribution in [1.29, 1.82) is 0 Å². The van der Waals surface area contributed by atoms with Crippen LogP contribution in [0.15, 0.2) is 29.3 Å². The lowest BCUT2D eigenvalue weighted by atomic mass is 10.3. The Morgan fingerprint density at radius 1 is 1.39 bits per heavy atom. The number of halogens is 1. The number of nitrogens with one attached hydrogen (secondary N) is 1. The van der Waals surface area contributed by atoms with E-state index in [9.17, 15) is 4.39 Å². The Balaban J connectivity index is 2.47. The lowest BCUT2D eigenvalue weighted by Gasteiger charge is -2.14. The summed E-state index contributed by atoms with van der Waals surface area (Å²) in [5, 5.41) is 2.97. The van der Waals surface area contributed by atoms with Gasteiger partial charge < -0.3 is 15.8 Å². The summed E-state index contributed by atoms with van der Waals surface area (Å²) in [5.74, 6) is 0.228. The Kier molecular flexibility index (Phi) is 5.42. The summed E-state index contributed by atoms with van der Waals surface area (Å²) < 4.78 is 18.8. The van der Waals surface area contributed by atoms with Crippen molar-refractivity contribution in [3.63, 3.8) is 0 Å². The van der Waals surface area contributed by atoms with Gasteiger partial charge in [0.25, 0.3) is 0 Å². The van der Waals surface area contributed by atoms with Gasteiger partial charge in [0.05, 0.1) is 6.54 Å². The van der Waals surface area contributed by atoms with E-state index in [1.54, 1.807) is 18.2 Å². The first-order valence-electron chi connectivity index (χ1n) is 5.96. The van der Waals surface area contributed by atoms with Crippen molar-refractivity contribution in [1.82, 2.24) is 5.32 Å². The molecule has 1 atom stereocenters. The molecule has 0 saturated heterocycles. The van der Waals surface area contributed by atoms with Crippen LogP contribution < -0.4 is 15.8 Å². The predicted octanol–water partition coefficient (Wildman–Crippen LogP) is 1.91. The highest BCUT2D eigenvalue weighted by molar-refractivity contribution is 5.78. The van der Waals surface area contributed by atoms with Crippen LogP contribution in [0, 0.1) is 5.82 Å². The molecule has 0 aliphatic carbocycles. The average molecular weight is 253 g/mol. The zero-order valence-corrected chi connectivity index (χ0v) is 11.0. The number of nitrogens with two attached hydrogens (primary N) is 1. The van der Waals surface area contributed by atoms with Crippen molar-refractivity contribution in [2.24, 2.45) is 10.7 Å². The molecule has 3 N–H and O–H groups in total. The minimum absolute atomic E-state index is 0.232. The number of rotatable bonds is 5. The highest BCUT2D eigenvalue weighted by Crippen LogP contribution is 2.16. The fourth-order valence-corrected chi connectivity index (χ4v) is 1.36. The Morgan fingerprint density at radius 3 is 2.67 bits per heavy atom. The lowest BCUT2D eigenvalue weighted by Crippen LogP contribution is -2.37. The molecule has 1 rings (SSSR count). The normalized spacial score (nSPS) is 13.5. The van der Waals surface area contributed by atoms with Crippen LogP contribution in [-0.2, 0) is 0 Å². The van der Waals surface area contributed by atoms with E-state index in [2.05, 4.69) is 10.3 Å². The molecule has 4 nitrogen and oxygen atoms in total. The van der Waals surface area contributed by atoms with E-state index in [-0.39, 0.29) is 23.7 Å². The molecule has 0 bridgehead atoms. The second-order valence-electron chi connectivity index (χ2n) is 4.38. The summed E-state index contributed by atoms with van der Waals surface area (Å²) in [6, 6.07) is 6.53. The molecule has 1 aromatic carbocycles. The van der Waals surface area contributed by atoms with Crippen LogP contribution in [0.4, 0.5) is 4.39 Å². The van der Waals surface area contributed by atoms with Crippen molar-refractivity contribution in [3.05, 3.63) is 30.1 Å². The van der Waals surface area contributed by atoms with Crippen LogP contribution in [0.1, 0.15) is 20.8 Å². The molecule has 0 radical (unpaired) electrons. The Bertz CT molecular complexity index is 407. The molecule has 1 aromatic rings. The molecule has 0 spiro atoms. The fourth-order valence-electron chi connectivity index (χ4n) is 1.36. The summed E-state index contributed by atoms with van der Waals surface area (Å²) in [6.45, 7) is 6.14. The molecule has 5 heteroatoms. The number of nitrogens with zero attached hydrogens (tertiary/aromatic N) is 1. The molecule has 18 heavy (non-hydrogen) atoms. The van der Waals surface area contributed by atoms with Gasteiger partial charge in [-0.25, -0.2) is 9.38 Å². The number of guanidine groups is 1. The van der Waals surface area contributed by atoms with E-state index >= 15 is 0 Å². The Hall–Kier alpha value is -1.78. The van der Waals surface area contributed by atoms with E-state index in [0.29, 0.717) is 12.5 Å². The summed E-state index contributed by atoms with van der Waals surface area (Å²) in [6.07, 6.45) is -0.241. The van der Waals surface area contributed by atoms with Gasteiger partial charge in [-0.2, -0.15) is 0 Å². The monoisotopic (exact) mass is 253 g/mol. The SMILES string of the molecule is CC(C)NC(N)=NCC(C)Oc1ccccc1F. The van der Waals surface area contributed by atoms with Crippen LogP contribution in [0.5, 0.6) is 5.75 Å². The molecule has 1 unspecified atom stereocenters. The first-order valence-corrected chi connectivity index (χ1v) is 5.96. The Labute approximate surface area is 107 Å². The van der Waals surface area contributed by atoms with Gasteiger partial charge >= 0.3 is 0 Å². The highest BCUT2D eigenvalue weighted by atomic mass is 19.1. The van der Waals surface area contributed by atoms with Gasteiger partial charge in [0, 0.05) is 6.04 Å².